The van der Waals surface area contributed by atoms with Crippen LogP contribution in [0.4, 0.5) is 0 Å². The number of unbranched alkanes of at least 4 members (excludes halogenated alkanes) is 2. The smallest absolute Gasteiger partial charge is 0.329 e. The van der Waals surface area contributed by atoms with E-state index in [0.717, 1.165) is 24.8 Å². The number of ether oxygens (including phenoxy) is 1. The summed E-state index contributed by atoms with van der Waals surface area (Å²) in [6.45, 7) is 11.2. The first-order valence-corrected chi connectivity index (χ1v) is 15.7. The van der Waals surface area contributed by atoms with Crippen molar-refractivity contribution in [2.24, 2.45) is 11.3 Å². The number of rotatable bonds is 7. The highest BCUT2D eigenvalue weighted by Crippen LogP contribution is 2.34. The van der Waals surface area contributed by atoms with E-state index in [1.165, 1.54) is 4.90 Å². The highest BCUT2D eigenvalue weighted by atomic mass is 16.5. The molecule has 1 aromatic carbocycles. The number of nitrogens with zero attached hydrogens (tertiary/aromatic N) is 2. The summed E-state index contributed by atoms with van der Waals surface area (Å²) in [5.74, 6) is -2.55. The second kappa shape index (κ2) is 14.8. The zero-order chi connectivity index (χ0) is 31.9. The van der Waals surface area contributed by atoms with Crippen LogP contribution >= 0.6 is 0 Å². The monoisotopic (exact) mass is 598 g/mol. The fraction of sp³-hybridized carbons (Fsp3) is 0.667. The molecule has 3 rings (SSSR count). The van der Waals surface area contributed by atoms with Crippen LogP contribution in [0.5, 0.6) is 0 Å². The Labute approximate surface area is 256 Å². The van der Waals surface area contributed by atoms with Crippen LogP contribution in [0.3, 0.4) is 0 Å². The molecule has 0 spiro atoms. The van der Waals surface area contributed by atoms with E-state index in [4.69, 9.17) is 4.74 Å². The minimum Gasteiger partial charge on any atom is -0.460 e. The molecule has 238 valence electrons. The molecule has 10 heteroatoms. The Morgan fingerprint density at radius 1 is 1.00 bits per heavy atom. The van der Waals surface area contributed by atoms with E-state index in [0.29, 0.717) is 25.8 Å². The predicted octanol–water partition coefficient (Wildman–Crippen LogP) is 3.22. The summed E-state index contributed by atoms with van der Waals surface area (Å²) in [5.41, 5.74) is -0.270. The van der Waals surface area contributed by atoms with Gasteiger partial charge in [0.15, 0.2) is 0 Å². The van der Waals surface area contributed by atoms with Crippen molar-refractivity contribution in [3.63, 3.8) is 0 Å². The fourth-order valence-corrected chi connectivity index (χ4v) is 5.92. The standard InChI is InChI=1S/C33H50N4O6/c1-8-9-11-18-26-33(5,6)32(42)37-19-14-17-24(37)30(40)36(7)25(20-23-15-12-10-13-16-23)29(39)34-22(4)28(38)35-27(21(2)3)31(41)43-26/h10,12-13,15-16,21-22,24-27H,8-9,11,14,17-20H2,1-7H3,(H,34,39)(H,35,38)/t22-,24-,25+,26+,27+/m0/s1. The van der Waals surface area contributed by atoms with Crippen LogP contribution in [0.1, 0.15) is 85.6 Å². The molecule has 0 aromatic heterocycles. The van der Waals surface area contributed by atoms with Gasteiger partial charge in [0.1, 0.15) is 30.3 Å². The van der Waals surface area contributed by atoms with Crippen LogP contribution in [-0.2, 0) is 35.1 Å². The van der Waals surface area contributed by atoms with Crippen LogP contribution in [0.2, 0.25) is 0 Å². The summed E-state index contributed by atoms with van der Waals surface area (Å²) in [5, 5.41) is 5.52. The number of cyclic esters (lactones) is 1. The summed E-state index contributed by atoms with van der Waals surface area (Å²) in [4.78, 5) is 71.8. The van der Waals surface area contributed by atoms with Crippen LogP contribution in [0.25, 0.3) is 0 Å². The first kappa shape index (κ1) is 34.1. The van der Waals surface area contributed by atoms with E-state index in [2.05, 4.69) is 17.6 Å². The number of benzene rings is 1. The lowest BCUT2D eigenvalue weighted by Gasteiger charge is -2.40. The average molecular weight is 599 g/mol. The number of esters is 1. The number of likely N-dealkylation sites (N-methyl/N-ethyl adjacent to an activating group) is 1. The van der Waals surface area contributed by atoms with Gasteiger partial charge in [0.05, 0.1) is 5.41 Å². The van der Waals surface area contributed by atoms with E-state index in [-0.39, 0.29) is 24.2 Å². The first-order valence-electron chi connectivity index (χ1n) is 15.7. The molecule has 2 heterocycles. The molecule has 2 aliphatic heterocycles. The van der Waals surface area contributed by atoms with E-state index in [1.54, 1.807) is 32.7 Å². The van der Waals surface area contributed by atoms with Crippen molar-refractivity contribution < 1.29 is 28.7 Å². The molecule has 0 aliphatic carbocycles. The minimum atomic E-state index is -1.12. The van der Waals surface area contributed by atoms with E-state index < -0.39 is 53.5 Å². The number of hydrogen-bond donors (Lipinski definition) is 2. The molecule has 43 heavy (non-hydrogen) atoms. The maximum Gasteiger partial charge on any atom is 0.329 e. The van der Waals surface area contributed by atoms with Crippen molar-refractivity contribution in [3.8, 4) is 0 Å². The summed E-state index contributed by atoms with van der Waals surface area (Å²) >= 11 is 0. The van der Waals surface area contributed by atoms with Gasteiger partial charge in [-0.2, -0.15) is 0 Å². The van der Waals surface area contributed by atoms with Crippen LogP contribution in [0.15, 0.2) is 30.3 Å². The van der Waals surface area contributed by atoms with E-state index in [9.17, 15) is 24.0 Å². The molecule has 2 N–H and O–H groups in total. The number of carbonyl (C=O) groups is 5. The second-order valence-corrected chi connectivity index (χ2v) is 12.9. The van der Waals surface area contributed by atoms with Gasteiger partial charge in [-0.05, 0) is 57.9 Å². The maximum absolute atomic E-state index is 14.2. The molecule has 0 unspecified atom stereocenters. The van der Waals surface area contributed by atoms with Crippen molar-refractivity contribution >= 4 is 29.6 Å². The third-order valence-electron chi connectivity index (χ3n) is 8.84. The Hall–Kier alpha value is -3.43. The zero-order valence-corrected chi connectivity index (χ0v) is 26.9. The van der Waals surface area contributed by atoms with Crippen LogP contribution in [0, 0.1) is 11.3 Å². The lowest BCUT2D eigenvalue weighted by molar-refractivity contribution is -0.169. The molecule has 0 saturated carbocycles. The molecule has 0 radical (unpaired) electrons. The number of carbonyl (C=O) groups excluding carboxylic acids is 5. The van der Waals surface area contributed by atoms with Crippen molar-refractivity contribution in [2.45, 2.75) is 117 Å². The molecule has 2 saturated heterocycles. The molecule has 1 aromatic rings. The van der Waals surface area contributed by atoms with Crippen LogP contribution < -0.4 is 10.6 Å². The van der Waals surface area contributed by atoms with Gasteiger partial charge < -0.3 is 25.2 Å². The molecule has 0 bridgehead atoms. The van der Waals surface area contributed by atoms with Crippen molar-refractivity contribution in [1.82, 2.24) is 20.4 Å². The number of amides is 4. The third kappa shape index (κ3) is 8.15. The average Bonchev–Trinajstić information content (AvgIpc) is 3.46. The molecule has 2 fully saturated rings. The van der Waals surface area contributed by atoms with Crippen molar-refractivity contribution in [1.29, 1.82) is 0 Å². The van der Waals surface area contributed by atoms with Gasteiger partial charge in [-0.1, -0.05) is 63.9 Å². The SMILES string of the molecule is CCCCC[C@H]1OC(=O)[C@@H](C(C)C)NC(=O)[C@H](C)NC(=O)[C@@H](Cc2ccccc2)N(C)C(=O)[C@@H]2CCCN2C(=O)C1(C)C. The Morgan fingerprint density at radius 2 is 1.67 bits per heavy atom. The topological polar surface area (TPSA) is 125 Å². The Balaban J connectivity index is 2.06. The summed E-state index contributed by atoms with van der Waals surface area (Å²) < 4.78 is 6.06. The number of nitrogens with one attached hydrogen (secondary N) is 2. The summed E-state index contributed by atoms with van der Waals surface area (Å²) in [7, 11) is 1.58. The maximum atomic E-state index is 14.2. The van der Waals surface area contributed by atoms with Gasteiger partial charge in [-0.25, -0.2) is 4.79 Å². The van der Waals surface area contributed by atoms with Crippen molar-refractivity contribution in [2.75, 3.05) is 13.6 Å². The molecule has 10 nitrogen and oxygen atoms in total. The predicted molar refractivity (Wildman–Crippen MR) is 164 cm³/mol. The second-order valence-electron chi connectivity index (χ2n) is 12.9. The molecule has 4 amide bonds. The van der Waals surface area contributed by atoms with E-state index >= 15 is 0 Å². The normalized spacial score (nSPS) is 27.5. The van der Waals surface area contributed by atoms with Gasteiger partial charge in [0, 0.05) is 20.0 Å². The van der Waals surface area contributed by atoms with Gasteiger partial charge >= 0.3 is 5.97 Å². The largest absolute Gasteiger partial charge is 0.460 e. The summed E-state index contributed by atoms with van der Waals surface area (Å²) in [6, 6.07) is 5.76. The minimum absolute atomic E-state index is 0.232. The number of fused-ring (bicyclic) bond motifs is 1. The number of hydrogen-bond acceptors (Lipinski definition) is 6. The van der Waals surface area contributed by atoms with Crippen molar-refractivity contribution in [3.05, 3.63) is 35.9 Å². The van der Waals surface area contributed by atoms with Gasteiger partial charge in [-0.15, -0.1) is 0 Å². The van der Waals surface area contributed by atoms with Gasteiger partial charge in [0.25, 0.3) is 0 Å². The Bertz CT molecular complexity index is 1150. The Kier molecular flexibility index (Phi) is 11.8. The highest BCUT2D eigenvalue weighted by Gasteiger charge is 2.48. The first-order chi connectivity index (χ1) is 20.3. The third-order valence-corrected chi connectivity index (χ3v) is 8.84. The fourth-order valence-electron chi connectivity index (χ4n) is 5.92. The van der Waals surface area contributed by atoms with Gasteiger partial charge in [0.2, 0.25) is 23.6 Å². The van der Waals surface area contributed by atoms with Gasteiger partial charge in [-0.3, -0.25) is 19.2 Å². The highest BCUT2D eigenvalue weighted by molar-refractivity contribution is 5.96. The molecule has 5 atom stereocenters. The quantitative estimate of drug-likeness (QED) is 0.367. The summed E-state index contributed by atoms with van der Waals surface area (Å²) in [6.07, 6.45) is 3.72. The lowest BCUT2D eigenvalue weighted by Crippen LogP contribution is -2.60. The lowest BCUT2D eigenvalue weighted by atomic mass is 9.81. The van der Waals surface area contributed by atoms with E-state index in [1.807, 2.05) is 44.2 Å². The zero-order valence-electron chi connectivity index (χ0n) is 26.9. The van der Waals surface area contributed by atoms with Crippen LogP contribution in [-0.4, -0.2) is 83.3 Å². The molecule has 2 aliphatic rings. The molecular formula is C33H50N4O6. The molecular weight excluding hydrogens is 548 g/mol. The Morgan fingerprint density at radius 3 is 2.30 bits per heavy atom.